The van der Waals surface area contributed by atoms with Gasteiger partial charge >= 0.3 is 11.9 Å². The zero-order valence-corrected chi connectivity index (χ0v) is 33.9. The maximum Gasteiger partial charge on any atom is 0.306 e. The second-order valence-electron chi connectivity index (χ2n) is 15.5. The first-order valence-electron chi connectivity index (χ1n) is 22.6. The molecule has 5 heteroatoms. The van der Waals surface area contributed by atoms with E-state index >= 15 is 0 Å². The molecule has 0 aromatic heterocycles. The van der Waals surface area contributed by atoms with Crippen molar-refractivity contribution < 1.29 is 24.2 Å². The molecule has 0 spiro atoms. The van der Waals surface area contributed by atoms with E-state index < -0.39 is 6.10 Å². The Bertz CT molecular complexity index is 680. The van der Waals surface area contributed by atoms with Crippen LogP contribution in [-0.4, -0.2) is 36.4 Å². The largest absolute Gasteiger partial charge is 0.462 e. The lowest BCUT2D eigenvalue weighted by atomic mass is 10.0. The van der Waals surface area contributed by atoms with E-state index in [-0.39, 0.29) is 25.2 Å². The predicted molar refractivity (Wildman–Crippen MR) is 215 cm³/mol. The minimum Gasteiger partial charge on any atom is -0.462 e. The number of carbonyl (C=O) groups is 2. The molecule has 1 N–H and O–H groups in total. The molecule has 0 aliphatic heterocycles. The predicted octanol–water partition coefficient (Wildman–Crippen LogP) is 14.3. The van der Waals surface area contributed by atoms with Crippen LogP contribution < -0.4 is 0 Å². The van der Waals surface area contributed by atoms with Crippen LogP contribution in [0.3, 0.4) is 0 Å². The van der Waals surface area contributed by atoms with Gasteiger partial charge < -0.3 is 14.6 Å². The first-order chi connectivity index (χ1) is 24.6. The average molecular weight is 709 g/mol. The Balaban J connectivity index is 3.43. The van der Waals surface area contributed by atoms with Crippen molar-refractivity contribution in [2.24, 2.45) is 0 Å². The number of ether oxygens (including phenoxy) is 2. The summed E-state index contributed by atoms with van der Waals surface area (Å²) < 4.78 is 10.6. The van der Waals surface area contributed by atoms with Crippen LogP contribution in [0.4, 0.5) is 0 Å². The average Bonchev–Trinajstić information content (AvgIpc) is 3.12. The Morgan fingerprint density at radius 2 is 0.620 bits per heavy atom. The molecule has 0 aromatic rings. The molecule has 1 atom stereocenters. The third-order valence-electron chi connectivity index (χ3n) is 10.4. The molecule has 298 valence electrons. The second-order valence-corrected chi connectivity index (χ2v) is 15.5. The monoisotopic (exact) mass is 709 g/mol. The van der Waals surface area contributed by atoms with Crippen molar-refractivity contribution in [1.82, 2.24) is 0 Å². The van der Waals surface area contributed by atoms with Gasteiger partial charge in [0.1, 0.15) is 6.61 Å². The van der Waals surface area contributed by atoms with Gasteiger partial charge in [-0.05, 0) is 12.8 Å². The van der Waals surface area contributed by atoms with Gasteiger partial charge in [-0.1, -0.05) is 232 Å². The normalized spacial score (nSPS) is 12.0. The van der Waals surface area contributed by atoms with Crippen molar-refractivity contribution in [3.05, 3.63) is 0 Å². The molecule has 0 aromatic carbocycles. The quantitative estimate of drug-likeness (QED) is 0.0505. The van der Waals surface area contributed by atoms with Crippen molar-refractivity contribution in [2.45, 2.75) is 264 Å². The number of esters is 2. The number of carbonyl (C=O) groups excluding carboxylic acids is 2. The molecule has 0 rings (SSSR count). The fourth-order valence-corrected chi connectivity index (χ4v) is 6.97. The van der Waals surface area contributed by atoms with E-state index in [9.17, 15) is 14.7 Å². The molecule has 0 bridgehead atoms. The van der Waals surface area contributed by atoms with E-state index in [2.05, 4.69) is 13.8 Å². The summed E-state index contributed by atoms with van der Waals surface area (Å²) in [4.78, 5) is 24.3. The summed E-state index contributed by atoms with van der Waals surface area (Å²) in [6, 6.07) is 0. The van der Waals surface area contributed by atoms with Crippen molar-refractivity contribution in [1.29, 1.82) is 0 Å². The molecule has 0 heterocycles. The molecule has 0 aliphatic carbocycles. The second kappa shape index (κ2) is 42.3. The molecule has 0 aliphatic rings. The van der Waals surface area contributed by atoms with E-state index in [0.717, 1.165) is 32.1 Å². The van der Waals surface area contributed by atoms with Gasteiger partial charge in [-0.15, -0.1) is 0 Å². The molecule has 0 saturated heterocycles. The highest BCUT2D eigenvalue weighted by Crippen LogP contribution is 2.17. The summed E-state index contributed by atoms with van der Waals surface area (Å²) in [7, 11) is 0. The third-order valence-corrected chi connectivity index (χ3v) is 10.4. The molecule has 0 amide bonds. The molecular formula is C45H88O5. The Morgan fingerprint density at radius 3 is 0.880 bits per heavy atom. The number of unbranched alkanes of at least 4 members (excludes halogenated alkanes) is 34. The van der Waals surface area contributed by atoms with Crippen molar-refractivity contribution in [3.8, 4) is 0 Å². The standard InChI is InChI=1S/C45H88O5/c1-3-5-7-9-11-13-15-17-19-20-21-22-23-24-25-26-28-29-31-33-35-37-39-44(47)49-42-43(41-46)50-45(48)40-38-36-34-32-30-27-18-16-14-12-10-8-6-4-2/h43,46H,3-42H2,1-2H3/t43-/m0/s1. The number of rotatable bonds is 42. The first-order valence-corrected chi connectivity index (χ1v) is 22.6. The number of hydrogen-bond donors (Lipinski definition) is 1. The lowest BCUT2D eigenvalue weighted by molar-refractivity contribution is -0.161. The molecule has 0 radical (unpaired) electrons. The molecule has 50 heavy (non-hydrogen) atoms. The summed E-state index contributed by atoms with van der Waals surface area (Å²) in [5, 5.41) is 9.57. The highest BCUT2D eigenvalue weighted by molar-refractivity contribution is 5.70. The van der Waals surface area contributed by atoms with Crippen LogP contribution >= 0.6 is 0 Å². The topological polar surface area (TPSA) is 72.8 Å². The Kier molecular flexibility index (Phi) is 41.4. The smallest absolute Gasteiger partial charge is 0.306 e. The minimum atomic E-state index is -0.761. The molecule has 0 unspecified atom stereocenters. The summed E-state index contributed by atoms with van der Waals surface area (Å²) in [6.45, 7) is 4.18. The van der Waals surface area contributed by atoms with Crippen LogP contribution in [0.25, 0.3) is 0 Å². The lowest BCUT2D eigenvalue weighted by Gasteiger charge is -2.15. The zero-order valence-electron chi connectivity index (χ0n) is 33.9. The molecule has 0 saturated carbocycles. The fourth-order valence-electron chi connectivity index (χ4n) is 6.97. The number of aliphatic hydroxyl groups excluding tert-OH is 1. The van der Waals surface area contributed by atoms with Gasteiger partial charge in [-0.3, -0.25) is 9.59 Å². The van der Waals surface area contributed by atoms with Gasteiger partial charge in [0.25, 0.3) is 0 Å². The van der Waals surface area contributed by atoms with Crippen LogP contribution in [-0.2, 0) is 19.1 Å². The van der Waals surface area contributed by atoms with Crippen LogP contribution in [0.15, 0.2) is 0 Å². The molecule has 0 fully saturated rings. The van der Waals surface area contributed by atoms with Crippen LogP contribution in [0.1, 0.15) is 258 Å². The van der Waals surface area contributed by atoms with E-state index in [1.807, 2.05) is 0 Å². The van der Waals surface area contributed by atoms with Crippen LogP contribution in [0.5, 0.6) is 0 Å². The van der Waals surface area contributed by atoms with Crippen molar-refractivity contribution >= 4 is 11.9 Å². The van der Waals surface area contributed by atoms with Gasteiger partial charge in [0.15, 0.2) is 6.10 Å². The Hall–Kier alpha value is -1.10. The zero-order chi connectivity index (χ0) is 36.4. The van der Waals surface area contributed by atoms with Gasteiger partial charge in [0.05, 0.1) is 6.61 Å². The summed E-state index contributed by atoms with van der Waals surface area (Å²) in [5.74, 6) is -0.571. The summed E-state index contributed by atoms with van der Waals surface area (Å²) in [5.41, 5.74) is 0. The lowest BCUT2D eigenvalue weighted by Crippen LogP contribution is -2.28. The minimum absolute atomic E-state index is 0.0564. The highest BCUT2D eigenvalue weighted by atomic mass is 16.6. The van der Waals surface area contributed by atoms with E-state index in [1.165, 1.54) is 199 Å². The van der Waals surface area contributed by atoms with Gasteiger partial charge in [-0.2, -0.15) is 0 Å². The highest BCUT2D eigenvalue weighted by Gasteiger charge is 2.16. The molecular weight excluding hydrogens is 620 g/mol. The molecule has 5 nitrogen and oxygen atoms in total. The van der Waals surface area contributed by atoms with Crippen LogP contribution in [0.2, 0.25) is 0 Å². The number of hydrogen-bond acceptors (Lipinski definition) is 5. The number of aliphatic hydroxyl groups is 1. The summed E-state index contributed by atoms with van der Waals surface area (Å²) in [6.07, 6.45) is 47.5. The van der Waals surface area contributed by atoms with E-state index in [1.54, 1.807) is 0 Å². The summed E-state index contributed by atoms with van der Waals surface area (Å²) >= 11 is 0. The third kappa shape index (κ3) is 39.7. The Labute approximate surface area is 312 Å². The first kappa shape index (κ1) is 48.9. The van der Waals surface area contributed by atoms with Crippen molar-refractivity contribution in [3.63, 3.8) is 0 Å². The van der Waals surface area contributed by atoms with Gasteiger partial charge in [-0.25, -0.2) is 0 Å². The maximum absolute atomic E-state index is 12.2. The van der Waals surface area contributed by atoms with Crippen molar-refractivity contribution in [2.75, 3.05) is 13.2 Å². The fraction of sp³-hybridized carbons (Fsp3) is 0.956. The van der Waals surface area contributed by atoms with E-state index in [0.29, 0.717) is 12.8 Å². The van der Waals surface area contributed by atoms with Gasteiger partial charge in [0.2, 0.25) is 0 Å². The van der Waals surface area contributed by atoms with Crippen LogP contribution in [0, 0.1) is 0 Å². The van der Waals surface area contributed by atoms with E-state index in [4.69, 9.17) is 9.47 Å². The van der Waals surface area contributed by atoms with Gasteiger partial charge in [0, 0.05) is 12.8 Å². The maximum atomic E-state index is 12.2. The Morgan fingerprint density at radius 1 is 0.380 bits per heavy atom. The SMILES string of the molecule is CCCCCCCCCCCCCCCCCCCCCCCCC(=O)OC[C@H](CO)OC(=O)CCCCCCCCCCCCCCCC.